The van der Waals surface area contributed by atoms with Crippen molar-refractivity contribution in [2.24, 2.45) is 0 Å². The maximum atomic E-state index is 12.6. The van der Waals surface area contributed by atoms with Gasteiger partial charge in [-0.2, -0.15) is 0 Å². The number of allylic oxidation sites excluding steroid dienone is 6. The monoisotopic (exact) mass is 832 g/mol. The number of carbonyl (C=O) groups is 1. The highest BCUT2D eigenvalue weighted by Gasteiger charge is 2.28. The molecule has 4 unspecified atom stereocenters. The number of hydrogen-bond donors (Lipinski definition) is 5. The molecule has 5 N–H and O–H groups in total. The molecule has 0 aromatic heterocycles. The quantitative estimate of drug-likeness (QED) is 0.0310. The Morgan fingerprint density at radius 1 is 0.424 bits per heavy atom. The molecule has 0 fully saturated rings. The lowest BCUT2D eigenvalue weighted by Crippen LogP contribution is -2.53. The van der Waals surface area contributed by atoms with Crippen LogP contribution in [0.25, 0.3) is 0 Å². The van der Waals surface area contributed by atoms with Gasteiger partial charge in [-0.25, -0.2) is 0 Å². The minimum Gasteiger partial charge on any atom is -0.394 e. The van der Waals surface area contributed by atoms with Crippen LogP contribution in [0, 0.1) is 0 Å². The van der Waals surface area contributed by atoms with Crippen LogP contribution in [0.2, 0.25) is 0 Å². The number of nitrogens with one attached hydrogen (secondary N) is 1. The molecule has 59 heavy (non-hydrogen) atoms. The van der Waals surface area contributed by atoms with Crippen LogP contribution in [0.3, 0.4) is 0 Å². The molecule has 0 aromatic carbocycles. The number of aliphatic hydroxyl groups excluding tert-OH is 4. The molecule has 0 spiro atoms. The molecule has 0 heterocycles. The van der Waals surface area contributed by atoms with Crippen molar-refractivity contribution in [2.75, 3.05) is 6.61 Å². The number of rotatable bonds is 47. The first-order valence-corrected chi connectivity index (χ1v) is 25.9. The molecule has 0 saturated carbocycles. The summed E-state index contributed by atoms with van der Waals surface area (Å²) in [5.74, 6) is -0.600. The molecule has 0 radical (unpaired) electrons. The average molecular weight is 832 g/mol. The van der Waals surface area contributed by atoms with E-state index in [0.717, 1.165) is 57.8 Å². The highest BCUT2D eigenvalue weighted by Crippen LogP contribution is 2.16. The van der Waals surface area contributed by atoms with Crippen molar-refractivity contribution in [2.45, 2.75) is 289 Å². The molecule has 0 rings (SSSR count). The van der Waals surface area contributed by atoms with Crippen molar-refractivity contribution in [3.05, 3.63) is 36.5 Å². The third kappa shape index (κ3) is 41.6. The summed E-state index contributed by atoms with van der Waals surface area (Å²) in [6, 6.07) is -1.01. The fourth-order valence-corrected chi connectivity index (χ4v) is 7.97. The number of carbonyl (C=O) groups excluding carboxylic acids is 1. The van der Waals surface area contributed by atoms with Crippen LogP contribution < -0.4 is 5.32 Å². The number of aliphatic hydroxyl groups is 4. The van der Waals surface area contributed by atoms with Crippen molar-refractivity contribution < 1.29 is 25.2 Å². The van der Waals surface area contributed by atoms with Crippen LogP contribution in [-0.4, -0.2) is 57.3 Å². The first kappa shape index (κ1) is 57.5. The third-order valence-electron chi connectivity index (χ3n) is 12.1. The second kappa shape index (κ2) is 47.6. The van der Waals surface area contributed by atoms with Gasteiger partial charge in [0.25, 0.3) is 0 Å². The Morgan fingerprint density at radius 2 is 0.746 bits per heavy atom. The molecular formula is C53H101NO5. The number of hydrogen-bond acceptors (Lipinski definition) is 5. The van der Waals surface area contributed by atoms with Crippen LogP contribution in [0.5, 0.6) is 0 Å². The van der Waals surface area contributed by atoms with E-state index < -0.39 is 36.9 Å². The Hall–Kier alpha value is -1.47. The summed E-state index contributed by atoms with van der Waals surface area (Å²) in [4.78, 5) is 12.6. The van der Waals surface area contributed by atoms with Gasteiger partial charge in [0.1, 0.15) is 12.2 Å². The Kier molecular flexibility index (Phi) is 46.4. The van der Waals surface area contributed by atoms with Gasteiger partial charge in [-0.1, -0.05) is 230 Å². The zero-order chi connectivity index (χ0) is 43.1. The van der Waals surface area contributed by atoms with Crippen molar-refractivity contribution >= 4 is 5.91 Å². The van der Waals surface area contributed by atoms with Crippen molar-refractivity contribution in [1.29, 1.82) is 0 Å². The SMILES string of the molecule is CCCCCCCCCCC/C=C\C/C=C\CCCCCCCCC(O)C(=O)NC(CO)C(O)C(O)CCC/C=C/CCCCCCCCCCCCCCCCCC. The average Bonchev–Trinajstić information content (AvgIpc) is 3.24. The van der Waals surface area contributed by atoms with Crippen molar-refractivity contribution in [3.8, 4) is 0 Å². The topological polar surface area (TPSA) is 110 Å². The Labute approximate surface area is 367 Å². The number of amides is 1. The molecule has 0 aromatic rings. The summed E-state index contributed by atoms with van der Waals surface area (Å²) in [5.41, 5.74) is 0. The van der Waals surface area contributed by atoms with Gasteiger partial charge in [-0.05, 0) is 70.6 Å². The van der Waals surface area contributed by atoms with Crippen LogP contribution in [0.4, 0.5) is 0 Å². The second-order valence-electron chi connectivity index (χ2n) is 17.9. The maximum Gasteiger partial charge on any atom is 0.249 e. The summed E-state index contributed by atoms with van der Waals surface area (Å²) in [5, 5.41) is 43.9. The predicted octanol–water partition coefficient (Wildman–Crippen LogP) is 14.5. The molecule has 0 aliphatic heterocycles. The zero-order valence-corrected chi connectivity index (χ0v) is 39.3. The maximum absolute atomic E-state index is 12.6. The van der Waals surface area contributed by atoms with Gasteiger partial charge in [0.05, 0.1) is 18.8 Å². The largest absolute Gasteiger partial charge is 0.394 e. The van der Waals surface area contributed by atoms with E-state index in [1.54, 1.807) is 0 Å². The smallest absolute Gasteiger partial charge is 0.249 e. The fourth-order valence-electron chi connectivity index (χ4n) is 7.97. The first-order chi connectivity index (χ1) is 29.0. The fraction of sp³-hybridized carbons (Fsp3) is 0.868. The van der Waals surface area contributed by atoms with E-state index in [9.17, 15) is 25.2 Å². The van der Waals surface area contributed by atoms with Gasteiger partial charge in [0, 0.05) is 0 Å². The van der Waals surface area contributed by atoms with E-state index in [-0.39, 0.29) is 0 Å². The molecule has 0 aliphatic carbocycles. The summed E-state index contributed by atoms with van der Waals surface area (Å²) >= 11 is 0. The molecule has 0 aliphatic rings. The Bertz CT molecular complexity index is 935. The van der Waals surface area contributed by atoms with Gasteiger partial charge in [-0.15, -0.1) is 0 Å². The van der Waals surface area contributed by atoms with E-state index >= 15 is 0 Å². The molecule has 348 valence electrons. The zero-order valence-electron chi connectivity index (χ0n) is 39.3. The summed E-state index contributed by atoms with van der Waals surface area (Å²) in [6.07, 6.45) is 57.6. The molecule has 1 amide bonds. The van der Waals surface area contributed by atoms with E-state index in [0.29, 0.717) is 12.8 Å². The minimum absolute atomic E-state index is 0.351. The van der Waals surface area contributed by atoms with Crippen LogP contribution in [-0.2, 0) is 4.79 Å². The minimum atomic E-state index is -1.29. The molecule has 0 bridgehead atoms. The van der Waals surface area contributed by atoms with E-state index in [1.165, 1.54) is 180 Å². The molecule has 6 heteroatoms. The molecule has 0 saturated heterocycles. The van der Waals surface area contributed by atoms with Gasteiger partial charge < -0.3 is 25.7 Å². The van der Waals surface area contributed by atoms with Crippen molar-refractivity contribution in [3.63, 3.8) is 0 Å². The molecule has 6 nitrogen and oxygen atoms in total. The van der Waals surface area contributed by atoms with Gasteiger partial charge in [0.15, 0.2) is 0 Å². The normalized spacial score (nSPS) is 14.2. The van der Waals surface area contributed by atoms with Crippen molar-refractivity contribution in [1.82, 2.24) is 5.32 Å². The highest BCUT2D eigenvalue weighted by molar-refractivity contribution is 5.80. The molecule has 4 atom stereocenters. The lowest BCUT2D eigenvalue weighted by molar-refractivity contribution is -0.132. The van der Waals surface area contributed by atoms with Gasteiger partial charge in [0.2, 0.25) is 5.91 Å². The van der Waals surface area contributed by atoms with E-state index in [1.807, 2.05) is 0 Å². The first-order valence-electron chi connectivity index (χ1n) is 25.9. The lowest BCUT2D eigenvalue weighted by atomic mass is 10.00. The van der Waals surface area contributed by atoms with Gasteiger partial charge in [-0.3, -0.25) is 4.79 Å². The van der Waals surface area contributed by atoms with Crippen LogP contribution in [0.15, 0.2) is 36.5 Å². The van der Waals surface area contributed by atoms with Crippen LogP contribution in [0.1, 0.15) is 264 Å². The third-order valence-corrected chi connectivity index (χ3v) is 12.1. The summed E-state index contributed by atoms with van der Waals surface area (Å²) in [7, 11) is 0. The van der Waals surface area contributed by atoms with Crippen LogP contribution >= 0.6 is 0 Å². The summed E-state index contributed by atoms with van der Waals surface area (Å²) < 4.78 is 0. The Balaban J connectivity index is 3.73. The van der Waals surface area contributed by atoms with E-state index in [2.05, 4.69) is 55.6 Å². The molecular weight excluding hydrogens is 731 g/mol. The predicted molar refractivity (Wildman–Crippen MR) is 256 cm³/mol. The standard InChI is InChI=1S/C53H101NO5/c1-3-5-7-9-11-13-15-17-19-21-23-25-27-29-31-33-35-37-39-41-43-45-47-51(57)53(59)54-49(48-55)52(58)50(56)46-44-42-40-38-36-34-32-30-28-26-24-22-20-18-16-14-12-10-8-6-4-2/h23,25,29,31,38,40,49-52,55-58H,3-22,24,26-28,30,32-37,39,41-48H2,1-2H3,(H,54,59)/b25-23-,31-29-,40-38+. The second-order valence-corrected chi connectivity index (χ2v) is 17.9. The number of unbranched alkanes of at least 4 members (excludes halogenated alkanes) is 32. The Morgan fingerprint density at radius 3 is 1.12 bits per heavy atom. The van der Waals surface area contributed by atoms with E-state index in [4.69, 9.17) is 0 Å². The summed E-state index contributed by atoms with van der Waals surface area (Å²) in [6.45, 7) is 4.06. The van der Waals surface area contributed by atoms with Gasteiger partial charge >= 0.3 is 0 Å². The lowest BCUT2D eigenvalue weighted by Gasteiger charge is -2.27. The highest BCUT2D eigenvalue weighted by atomic mass is 16.3.